The summed E-state index contributed by atoms with van der Waals surface area (Å²) in [5, 5.41) is 14.1. The molecule has 0 aliphatic heterocycles. The van der Waals surface area contributed by atoms with Crippen LogP contribution in [0.25, 0.3) is 0 Å². The van der Waals surface area contributed by atoms with Crippen LogP contribution in [0.1, 0.15) is 18.3 Å². The predicted octanol–water partition coefficient (Wildman–Crippen LogP) is 2.72. The molecule has 0 amide bonds. The zero-order valence-electron chi connectivity index (χ0n) is 15.7. The van der Waals surface area contributed by atoms with Gasteiger partial charge < -0.3 is 19.9 Å². The second-order valence-corrected chi connectivity index (χ2v) is 5.59. The molecule has 11 heteroatoms. The minimum Gasteiger partial charge on any atom is -0.492 e. The highest BCUT2D eigenvalue weighted by Gasteiger charge is 2.29. The number of nitrogens with zero attached hydrogens (tertiary/aromatic N) is 4. The zero-order valence-corrected chi connectivity index (χ0v) is 18.0. The molecule has 0 aliphatic rings. The van der Waals surface area contributed by atoms with E-state index in [1.165, 1.54) is 12.1 Å². The minimum atomic E-state index is -4.34. The Bertz CT molecular complexity index is 733. The molecule has 7 nitrogen and oxygen atoms in total. The third-order valence-corrected chi connectivity index (χ3v) is 3.73. The van der Waals surface area contributed by atoms with Crippen LogP contribution in [-0.4, -0.2) is 47.5 Å². The molecular weight excluding hydrogens is 488 g/mol. The van der Waals surface area contributed by atoms with Crippen molar-refractivity contribution in [3.05, 3.63) is 42.0 Å². The molecule has 0 bridgehead atoms. The molecule has 0 unspecified atom stereocenters. The molecule has 2 aromatic rings. The molecule has 0 radical (unpaired) electrons. The SMILES string of the molecule is CCc1nncn1CCNC(=NC)NCCOc1ccc(C(F)(F)F)cc1.I. The third kappa shape index (κ3) is 7.52. The monoisotopic (exact) mass is 512 g/mol. The number of halogens is 4. The Balaban J connectivity index is 0.00000392. The lowest BCUT2D eigenvalue weighted by atomic mass is 10.2. The normalized spacial score (nSPS) is 11.7. The molecule has 0 atom stereocenters. The van der Waals surface area contributed by atoms with Crippen molar-refractivity contribution in [2.24, 2.45) is 4.99 Å². The summed E-state index contributed by atoms with van der Waals surface area (Å²) in [6.45, 7) is 4.11. The number of benzene rings is 1. The minimum absolute atomic E-state index is 0. The maximum Gasteiger partial charge on any atom is 0.416 e. The first kappa shape index (κ1) is 24.0. The van der Waals surface area contributed by atoms with Gasteiger partial charge in [0.2, 0.25) is 0 Å². The van der Waals surface area contributed by atoms with Gasteiger partial charge in [0, 0.05) is 26.6 Å². The van der Waals surface area contributed by atoms with Crippen LogP contribution in [-0.2, 0) is 19.1 Å². The van der Waals surface area contributed by atoms with E-state index in [0.717, 1.165) is 24.4 Å². The Hall–Kier alpha value is -2.05. The van der Waals surface area contributed by atoms with Gasteiger partial charge in [-0.3, -0.25) is 4.99 Å². The third-order valence-electron chi connectivity index (χ3n) is 3.73. The maximum absolute atomic E-state index is 12.5. The molecule has 2 rings (SSSR count). The Kier molecular flexibility index (Phi) is 10.0. The van der Waals surface area contributed by atoms with Crippen molar-refractivity contribution >= 4 is 29.9 Å². The molecule has 156 valence electrons. The molecule has 0 aliphatic carbocycles. The number of aromatic nitrogens is 3. The van der Waals surface area contributed by atoms with E-state index in [-0.39, 0.29) is 30.6 Å². The van der Waals surface area contributed by atoms with Crippen molar-refractivity contribution in [2.75, 3.05) is 26.7 Å². The molecule has 1 aromatic carbocycles. The van der Waals surface area contributed by atoms with Crippen molar-refractivity contribution in [3.8, 4) is 5.75 Å². The Morgan fingerprint density at radius 2 is 1.86 bits per heavy atom. The summed E-state index contributed by atoms with van der Waals surface area (Å²) in [4.78, 5) is 4.11. The van der Waals surface area contributed by atoms with Gasteiger partial charge >= 0.3 is 6.18 Å². The summed E-state index contributed by atoms with van der Waals surface area (Å²) in [6.07, 6.45) is -1.84. The van der Waals surface area contributed by atoms with E-state index in [1.54, 1.807) is 13.4 Å². The lowest BCUT2D eigenvalue weighted by Gasteiger charge is -2.13. The first-order chi connectivity index (χ1) is 12.9. The topological polar surface area (TPSA) is 76.4 Å². The van der Waals surface area contributed by atoms with Crippen molar-refractivity contribution in [3.63, 3.8) is 0 Å². The van der Waals surface area contributed by atoms with Gasteiger partial charge in [-0.25, -0.2) is 0 Å². The second-order valence-electron chi connectivity index (χ2n) is 5.59. The number of aliphatic imine (C=N–C) groups is 1. The molecule has 0 fully saturated rings. The molecule has 0 saturated carbocycles. The first-order valence-corrected chi connectivity index (χ1v) is 8.55. The van der Waals surface area contributed by atoms with Gasteiger partial charge in [0.25, 0.3) is 0 Å². The van der Waals surface area contributed by atoms with Crippen LogP contribution < -0.4 is 15.4 Å². The quantitative estimate of drug-likeness (QED) is 0.246. The Morgan fingerprint density at radius 1 is 1.18 bits per heavy atom. The summed E-state index contributed by atoms with van der Waals surface area (Å²) < 4.78 is 44.9. The van der Waals surface area contributed by atoms with Crippen LogP contribution in [0.15, 0.2) is 35.6 Å². The standard InChI is InChI=1S/C17H23F3N6O.HI/c1-3-15-25-24-12-26(15)10-8-22-16(21-2)23-9-11-27-14-6-4-13(5-7-14)17(18,19)20;/h4-7,12H,3,8-11H2,1-2H3,(H2,21,22,23);1H. The van der Waals surface area contributed by atoms with E-state index in [9.17, 15) is 13.2 Å². The number of nitrogens with one attached hydrogen (secondary N) is 2. The van der Waals surface area contributed by atoms with Crippen LogP contribution in [0.5, 0.6) is 5.75 Å². The van der Waals surface area contributed by atoms with Crippen LogP contribution in [0, 0.1) is 0 Å². The van der Waals surface area contributed by atoms with E-state index >= 15 is 0 Å². The molecule has 1 aromatic heterocycles. The maximum atomic E-state index is 12.5. The Morgan fingerprint density at radius 3 is 2.46 bits per heavy atom. The molecule has 28 heavy (non-hydrogen) atoms. The number of ether oxygens (including phenoxy) is 1. The first-order valence-electron chi connectivity index (χ1n) is 8.55. The summed E-state index contributed by atoms with van der Waals surface area (Å²) in [5.41, 5.74) is -0.697. The number of rotatable bonds is 8. The van der Waals surface area contributed by atoms with Gasteiger partial charge in [-0.2, -0.15) is 13.2 Å². The van der Waals surface area contributed by atoms with Crippen molar-refractivity contribution in [2.45, 2.75) is 26.1 Å². The number of hydrogen-bond donors (Lipinski definition) is 2. The predicted molar refractivity (Wildman–Crippen MR) is 111 cm³/mol. The summed E-state index contributed by atoms with van der Waals surface area (Å²) in [6, 6.07) is 4.61. The van der Waals surface area contributed by atoms with Crippen LogP contribution in [0.2, 0.25) is 0 Å². The highest BCUT2D eigenvalue weighted by Crippen LogP contribution is 2.30. The van der Waals surface area contributed by atoms with Gasteiger partial charge in [0.05, 0.1) is 12.1 Å². The average Bonchev–Trinajstić information content (AvgIpc) is 3.10. The van der Waals surface area contributed by atoms with Gasteiger partial charge in [-0.05, 0) is 24.3 Å². The van der Waals surface area contributed by atoms with Crippen molar-refractivity contribution in [1.29, 1.82) is 0 Å². The zero-order chi connectivity index (χ0) is 19.7. The van der Waals surface area contributed by atoms with Crippen molar-refractivity contribution < 1.29 is 17.9 Å². The lowest BCUT2D eigenvalue weighted by Crippen LogP contribution is -2.40. The van der Waals surface area contributed by atoms with Gasteiger partial charge in [-0.15, -0.1) is 34.2 Å². The lowest BCUT2D eigenvalue weighted by molar-refractivity contribution is -0.137. The highest BCUT2D eigenvalue weighted by molar-refractivity contribution is 14.0. The second kappa shape index (κ2) is 11.7. The molecule has 1 heterocycles. The number of alkyl halides is 3. The smallest absolute Gasteiger partial charge is 0.416 e. The summed E-state index contributed by atoms with van der Waals surface area (Å²) in [7, 11) is 1.66. The molecule has 0 spiro atoms. The fourth-order valence-electron chi connectivity index (χ4n) is 2.33. The molecular formula is C17H24F3IN6O. The van der Waals surface area contributed by atoms with Gasteiger partial charge in [0.1, 0.15) is 24.5 Å². The van der Waals surface area contributed by atoms with Crippen LogP contribution in [0.3, 0.4) is 0 Å². The van der Waals surface area contributed by atoms with Crippen LogP contribution >= 0.6 is 24.0 Å². The number of guanidine groups is 1. The highest BCUT2D eigenvalue weighted by atomic mass is 127. The molecule has 0 saturated heterocycles. The van der Waals surface area contributed by atoms with E-state index in [2.05, 4.69) is 25.8 Å². The van der Waals surface area contributed by atoms with E-state index in [0.29, 0.717) is 31.3 Å². The van der Waals surface area contributed by atoms with Gasteiger partial charge in [-0.1, -0.05) is 6.92 Å². The van der Waals surface area contributed by atoms with E-state index in [4.69, 9.17) is 4.74 Å². The average molecular weight is 512 g/mol. The van der Waals surface area contributed by atoms with Crippen molar-refractivity contribution in [1.82, 2.24) is 25.4 Å². The summed E-state index contributed by atoms with van der Waals surface area (Å²) >= 11 is 0. The largest absolute Gasteiger partial charge is 0.492 e. The number of aryl methyl sites for hydroxylation is 1. The van der Waals surface area contributed by atoms with Crippen LogP contribution in [0.4, 0.5) is 13.2 Å². The van der Waals surface area contributed by atoms with E-state index < -0.39 is 11.7 Å². The van der Waals surface area contributed by atoms with Gasteiger partial charge in [0.15, 0.2) is 5.96 Å². The molecule has 2 N–H and O–H groups in total. The fraction of sp³-hybridized carbons (Fsp3) is 0.471. The number of hydrogen-bond acceptors (Lipinski definition) is 4. The fourth-order valence-corrected chi connectivity index (χ4v) is 2.33. The Labute approximate surface area is 178 Å². The van der Waals surface area contributed by atoms with E-state index in [1.807, 2.05) is 11.5 Å². The summed E-state index contributed by atoms with van der Waals surface area (Å²) in [5.74, 6) is 1.91.